The zero-order valence-electron chi connectivity index (χ0n) is 12.8. The van der Waals surface area contributed by atoms with Crippen LogP contribution in [0.1, 0.15) is 30.9 Å². The summed E-state index contributed by atoms with van der Waals surface area (Å²) >= 11 is 0. The third-order valence-electron chi connectivity index (χ3n) is 4.38. The smallest absolute Gasteiger partial charge is 0.126 e. The van der Waals surface area contributed by atoms with Gasteiger partial charge in [0, 0.05) is 18.0 Å². The van der Waals surface area contributed by atoms with Crippen LogP contribution in [-0.2, 0) is 4.74 Å². The number of hydrogen-bond acceptors (Lipinski definition) is 3. The summed E-state index contributed by atoms with van der Waals surface area (Å²) in [5.74, 6) is 0.932. The van der Waals surface area contributed by atoms with Crippen molar-refractivity contribution >= 4 is 10.8 Å². The lowest BCUT2D eigenvalue weighted by Crippen LogP contribution is -2.22. The van der Waals surface area contributed by atoms with Crippen molar-refractivity contribution in [1.82, 2.24) is 5.32 Å². The highest BCUT2D eigenvalue weighted by Crippen LogP contribution is 2.34. The molecule has 1 saturated heterocycles. The number of hydrogen-bond donors (Lipinski definition) is 1. The van der Waals surface area contributed by atoms with Gasteiger partial charge in [0.05, 0.1) is 13.2 Å². The molecule has 1 fully saturated rings. The van der Waals surface area contributed by atoms with Crippen molar-refractivity contribution in [3.63, 3.8) is 0 Å². The van der Waals surface area contributed by atoms with Crippen molar-refractivity contribution < 1.29 is 9.47 Å². The minimum atomic E-state index is 0.309. The summed E-state index contributed by atoms with van der Waals surface area (Å²) in [5, 5.41) is 5.88. The molecule has 112 valence electrons. The molecule has 1 aliphatic rings. The molecule has 2 atom stereocenters. The molecule has 3 nitrogen and oxygen atoms in total. The van der Waals surface area contributed by atoms with Gasteiger partial charge < -0.3 is 14.8 Å². The van der Waals surface area contributed by atoms with Gasteiger partial charge in [0.15, 0.2) is 0 Å². The molecule has 0 aliphatic carbocycles. The Kier molecular flexibility index (Phi) is 4.42. The minimum absolute atomic E-state index is 0.309. The lowest BCUT2D eigenvalue weighted by Gasteiger charge is -2.22. The molecule has 1 N–H and O–H groups in total. The van der Waals surface area contributed by atoms with Gasteiger partial charge in [0.1, 0.15) is 5.75 Å². The summed E-state index contributed by atoms with van der Waals surface area (Å²) < 4.78 is 11.3. The largest absolute Gasteiger partial charge is 0.496 e. The fourth-order valence-electron chi connectivity index (χ4n) is 3.27. The van der Waals surface area contributed by atoms with Crippen LogP contribution >= 0.6 is 0 Å². The minimum Gasteiger partial charge on any atom is -0.496 e. The van der Waals surface area contributed by atoms with E-state index in [2.05, 4.69) is 41.7 Å². The number of benzene rings is 2. The molecule has 3 heteroatoms. The molecule has 0 amide bonds. The Morgan fingerprint density at radius 3 is 2.71 bits per heavy atom. The molecular formula is C18H23NO2. The number of nitrogens with one attached hydrogen (secondary N) is 1. The Balaban J connectivity index is 1.97. The molecule has 0 aromatic heterocycles. The van der Waals surface area contributed by atoms with E-state index >= 15 is 0 Å². The second-order valence-corrected chi connectivity index (χ2v) is 5.61. The summed E-state index contributed by atoms with van der Waals surface area (Å²) in [6, 6.07) is 13.0. The van der Waals surface area contributed by atoms with Gasteiger partial charge in [-0.25, -0.2) is 0 Å². The summed E-state index contributed by atoms with van der Waals surface area (Å²) in [4.78, 5) is 0. The average Bonchev–Trinajstić information content (AvgIpc) is 3.05. The predicted molar refractivity (Wildman–Crippen MR) is 85.9 cm³/mol. The third kappa shape index (κ3) is 2.89. The SMILES string of the molecule is CNC(CC1CCCO1)c1ccc(OC)c2ccccc12. The van der Waals surface area contributed by atoms with Crippen molar-refractivity contribution in [2.75, 3.05) is 20.8 Å². The fourth-order valence-corrected chi connectivity index (χ4v) is 3.27. The predicted octanol–water partition coefficient (Wildman–Crippen LogP) is 3.68. The Bertz CT molecular complexity index is 605. The summed E-state index contributed by atoms with van der Waals surface area (Å²) in [7, 11) is 3.75. The lowest BCUT2D eigenvalue weighted by molar-refractivity contribution is 0.0955. The second kappa shape index (κ2) is 6.46. The maximum absolute atomic E-state index is 5.80. The quantitative estimate of drug-likeness (QED) is 0.909. The Labute approximate surface area is 126 Å². The zero-order valence-corrected chi connectivity index (χ0v) is 12.8. The van der Waals surface area contributed by atoms with E-state index in [-0.39, 0.29) is 0 Å². The van der Waals surface area contributed by atoms with Crippen LogP contribution in [0.15, 0.2) is 36.4 Å². The first-order chi connectivity index (χ1) is 10.3. The van der Waals surface area contributed by atoms with Crippen LogP contribution in [0.25, 0.3) is 10.8 Å². The number of ether oxygens (including phenoxy) is 2. The lowest BCUT2D eigenvalue weighted by atomic mass is 9.94. The van der Waals surface area contributed by atoms with Crippen molar-refractivity contribution in [2.24, 2.45) is 0 Å². The number of methoxy groups -OCH3 is 1. The molecule has 0 radical (unpaired) electrons. The Hall–Kier alpha value is -1.58. The van der Waals surface area contributed by atoms with Gasteiger partial charge in [-0.3, -0.25) is 0 Å². The first-order valence-corrected chi connectivity index (χ1v) is 7.68. The first kappa shape index (κ1) is 14.4. The van der Waals surface area contributed by atoms with Crippen LogP contribution < -0.4 is 10.1 Å². The molecule has 3 rings (SSSR count). The van der Waals surface area contributed by atoms with Crippen molar-refractivity contribution in [2.45, 2.75) is 31.4 Å². The van der Waals surface area contributed by atoms with Gasteiger partial charge in [0.2, 0.25) is 0 Å². The van der Waals surface area contributed by atoms with Gasteiger partial charge in [-0.2, -0.15) is 0 Å². The van der Waals surface area contributed by atoms with Crippen molar-refractivity contribution in [3.8, 4) is 5.75 Å². The van der Waals surface area contributed by atoms with E-state index in [0.717, 1.165) is 18.8 Å². The van der Waals surface area contributed by atoms with E-state index in [4.69, 9.17) is 9.47 Å². The molecule has 1 heterocycles. The molecule has 1 aliphatic heterocycles. The topological polar surface area (TPSA) is 30.5 Å². The van der Waals surface area contributed by atoms with Crippen LogP contribution in [0, 0.1) is 0 Å². The van der Waals surface area contributed by atoms with Crippen molar-refractivity contribution in [1.29, 1.82) is 0 Å². The standard InChI is InChI=1S/C18H23NO2/c1-19-17(12-13-6-5-11-21-13)15-9-10-18(20-2)16-8-4-3-7-14(15)16/h3-4,7-10,13,17,19H,5-6,11-12H2,1-2H3. The first-order valence-electron chi connectivity index (χ1n) is 7.68. The summed E-state index contributed by atoms with van der Waals surface area (Å²) in [5.41, 5.74) is 1.32. The molecule has 21 heavy (non-hydrogen) atoms. The van der Waals surface area contributed by atoms with Crippen molar-refractivity contribution in [3.05, 3.63) is 42.0 Å². The molecule has 0 saturated carbocycles. The molecule has 0 spiro atoms. The molecule has 2 aromatic carbocycles. The maximum atomic E-state index is 5.80. The molecule has 2 aromatic rings. The highest BCUT2D eigenvalue weighted by molar-refractivity contribution is 5.91. The van der Waals surface area contributed by atoms with Gasteiger partial charge in [-0.15, -0.1) is 0 Å². The molecule has 2 unspecified atom stereocenters. The second-order valence-electron chi connectivity index (χ2n) is 5.61. The van der Waals surface area contributed by atoms with Crippen LogP contribution in [0.2, 0.25) is 0 Å². The highest BCUT2D eigenvalue weighted by Gasteiger charge is 2.22. The summed E-state index contributed by atoms with van der Waals surface area (Å²) in [6.45, 7) is 0.907. The molecular weight excluding hydrogens is 262 g/mol. The Morgan fingerprint density at radius 2 is 2.05 bits per heavy atom. The number of fused-ring (bicyclic) bond motifs is 1. The van der Waals surface area contributed by atoms with E-state index in [1.54, 1.807) is 7.11 Å². The number of rotatable bonds is 5. The van der Waals surface area contributed by atoms with E-state index in [0.29, 0.717) is 12.1 Å². The fraction of sp³-hybridized carbons (Fsp3) is 0.444. The summed E-state index contributed by atoms with van der Waals surface area (Å²) in [6.07, 6.45) is 3.76. The van der Waals surface area contributed by atoms with Gasteiger partial charge in [-0.1, -0.05) is 30.3 Å². The van der Waals surface area contributed by atoms with E-state index in [1.165, 1.54) is 29.2 Å². The van der Waals surface area contributed by atoms with Crippen LogP contribution in [0.5, 0.6) is 5.75 Å². The average molecular weight is 285 g/mol. The van der Waals surface area contributed by atoms with Gasteiger partial charge in [-0.05, 0) is 43.3 Å². The highest BCUT2D eigenvalue weighted by atomic mass is 16.5. The third-order valence-corrected chi connectivity index (χ3v) is 4.38. The van der Waals surface area contributed by atoms with Gasteiger partial charge >= 0.3 is 0 Å². The van der Waals surface area contributed by atoms with Crippen LogP contribution in [-0.4, -0.2) is 26.9 Å². The monoisotopic (exact) mass is 285 g/mol. The molecule has 0 bridgehead atoms. The van der Waals surface area contributed by atoms with Crippen LogP contribution in [0.4, 0.5) is 0 Å². The Morgan fingerprint density at radius 1 is 1.24 bits per heavy atom. The maximum Gasteiger partial charge on any atom is 0.126 e. The van der Waals surface area contributed by atoms with E-state index in [9.17, 15) is 0 Å². The van der Waals surface area contributed by atoms with Gasteiger partial charge in [0.25, 0.3) is 0 Å². The van der Waals surface area contributed by atoms with E-state index < -0.39 is 0 Å². The zero-order chi connectivity index (χ0) is 14.7. The van der Waals surface area contributed by atoms with E-state index in [1.807, 2.05) is 7.05 Å². The normalized spacial score (nSPS) is 19.8. The van der Waals surface area contributed by atoms with Crippen LogP contribution in [0.3, 0.4) is 0 Å².